The molecule has 0 aromatic heterocycles. The molecule has 0 aliphatic heterocycles. The number of methoxy groups -OCH3 is 2. The van der Waals surface area contributed by atoms with Crippen molar-refractivity contribution in [2.75, 3.05) is 33.1 Å². The number of nitrogens with one attached hydrogen (secondary N) is 2. The second-order valence-electron chi connectivity index (χ2n) is 5.68. The van der Waals surface area contributed by atoms with Crippen molar-refractivity contribution in [3.05, 3.63) is 53.6 Å². The van der Waals surface area contributed by atoms with E-state index < -0.39 is 11.6 Å². The van der Waals surface area contributed by atoms with E-state index >= 15 is 0 Å². The fourth-order valence-electron chi connectivity index (χ4n) is 2.45. The van der Waals surface area contributed by atoms with Gasteiger partial charge in [-0.05, 0) is 30.3 Å². The van der Waals surface area contributed by atoms with Crippen LogP contribution in [0.25, 0.3) is 0 Å². The standard InChI is InChI=1S/C18H20F2N2O3/c1-22(10-12-4-7-16(24-2)17(8-12)25-3)11-18(23)21-13-5-6-14(19)15(20)9-13/h4-9H,10-11H2,1-3H3,(H,21,23)/p+1. The van der Waals surface area contributed by atoms with E-state index in [1.54, 1.807) is 14.2 Å². The van der Waals surface area contributed by atoms with Crippen molar-refractivity contribution in [3.63, 3.8) is 0 Å². The topological polar surface area (TPSA) is 52.0 Å². The van der Waals surface area contributed by atoms with Gasteiger partial charge in [0.15, 0.2) is 29.7 Å². The van der Waals surface area contributed by atoms with Crippen LogP contribution in [-0.4, -0.2) is 33.7 Å². The summed E-state index contributed by atoms with van der Waals surface area (Å²) in [6.45, 7) is 0.763. The largest absolute Gasteiger partial charge is 0.493 e. The highest BCUT2D eigenvalue weighted by atomic mass is 19.2. The average Bonchev–Trinajstić information content (AvgIpc) is 2.57. The molecule has 0 radical (unpaired) electrons. The number of carbonyl (C=O) groups excluding carboxylic acids is 1. The van der Waals surface area contributed by atoms with E-state index in [1.165, 1.54) is 6.07 Å². The first kappa shape index (κ1) is 18.7. The van der Waals surface area contributed by atoms with Crippen LogP contribution >= 0.6 is 0 Å². The van der Waals surface area contributed by atoms with Crippen LogP contribution in [0.5, 0.6) is 11.5 Å². The van der Waals surface area contributed by atoms with E-state index in [0.29, 0.717) is 18.0 Å². The molecule has 0 fully saturated rings. The maximum absolute atomic E-state index is 13.2. The molecule has 0 saturated carbocycles. The highest BCUT2D eigenvalue weighted by Crippen LogP contribution is 2.27. The lowest BCUT2D eigenvalue weighted by Gasteiger charge is -2.15. The van der Waals surface area contributed by atoms with Crippen molar-refractivity contribution >= 4 is 11.6 Å². The van der Waals surface area contributed by atoms with Crippen molar-refractivity contribution < 1.29 is 27.9 Å². The summed E-state index contributed by atoms with van der Waals surface area (Å²) in [5.41, 5.74) is 1.21. The molecule has 2 rings (SSSR count). The summed E-state index contributed by atoms with van der Waals surface area (Å²) >= 11 is 0. The zero-order valence-electron chi connectivity index (χ0n) is 14.4. The van der Waals surface area contributed by atoms with Crippen molar-refractivity contribution in [2.24, 2.45) is 0 Å². The van der Waals surface area contributed by atoms with Crippen LogP contribution in [0.2, 0.25) is 0 Å². The van der Waals surface area contributed by atoms with Crippen LogP contribution in [0.1, 0.15) is 5.56 Å². The van der Waals surface area contributed by atoms with E-state index in [9.17, 15) is 13.6 Å². The molecular weight excluding hydrogens is 330 g/mol. The smallest absolute Gasteiger partial charge is 0.279 e. The van der Waals surface area contributed by atoms with Crippen LogP contribution in [0.3, 0.4) is 0 Å². The monoisotopic (exact) mass is 351 g/mol. The molecule has 0 heterocycles. The van der Waals surface area contributed by atoms with E-state index in [1.807, 2.05) is 25.2 Å². The molecule has 0 bridgehead atoms. The van der Waals surface area contributed by atoms with E-state index in [2.05, 4.69) is 5.32 Å². The van der Waals surface area contributed by atoms with Crippen molar-refractivity contribution in [3.8, 4) is 11.5 Å². The Balaban J connectivity index is 1.94. The average molecular weight is 351 g/mol. The second-order valence-corrected chi connectivity index (χ2v) is 5.68. The van der Waals surface area contributed by atoms with Crippen molar-refractivity contribution in [1.82, 2.24) is 0 Å². The van der Waals surface area contributed by atoms with E-state index in [-0.39, 0.29) is 18.1 Å². The lowest BCUT2D eigenvalue weighted by atomic mass is 10.2. The Kier molecular flexibility index (Phi) is 6.30. The molecule has 7 heteroatoms. The normalized spacial score (nSPS) is 11.7. The molecule has 1 unspecified atom stereocenters. The summed E-state index contributed by atoms with van der Waals surface area (Å²) < 4.78 is 36.5. The first-order chi connectivity index (χ1) is 11.9. The van der Waals surface area contributed by atoms with Gasteiger partial charge >= 0.3 is 0 Å². The molecule has 1 amide bonds. The molecule has 2 aromatic rings. The lowest BCUT2D eigenvalue weighted by Crippen LogP contribution is -3.08. The van der Waals surface area contributed by atoms with Gasteiger partial charge in [-0.1, -0.05) is 0 Å². The first-order valence-corrected chi connectivity index (χ1v) is 7.70. The Bertz CT molecular complexity index is 753. The summed E-state index contributed by atoms with van der Waals surface area (Å²) in [6.07, 6.45) is 0. The molecule has 0 spiro atoms. The van der Waals surface area contributed by atoms with Gasteiger partial charge in [0, 0.05) is 17.3 Å². The number of quaternary nitrogens is 1. The van der Waals surface area contributed by atoms with Gasteiger partial charge in [-0.2, -0.15) is 0 Å². The maximum atomic E-state index is 13.2. The fraction of sp³-hybridized carbons (Fsp3) is 0.278. The number of hydrogen-bond donors (Lipinski definition) is 2. The molecule has 134 valence electrons. The van der Waals surface area contributed by atoms with Crippen LogP contribution in [0.15, 0.2) is 36.4 Å². The number of ether oxygens (including phenoxy) is 2. The van der Waals surface area contributed by atoms with E-state index in [0.717, 1.165) is 22.6 Å². The molecule has 2 aromatic carbocycles. The summed E-state index contributed by atoms with van der Waals surface area (Å²) in [7, 11) is 4.99. The van der Waals surface area contributed by atoms with Crippen LogP contribution in [-0.2, 0) is 11.3 Å². The van der Waals surface area contributed by atoms with Gasteiger partial charge in [-0.15, -0.1) is 0 Å². The van der Waals surface area contributed by atoms with Crippen LogP contribution < -0.4 is 19.7 Å². The van der Waals surface area contributed by atoms with Gasteiger partial charge in [0.25, 0.3) is 5.91 Å². The Hall–Kier alpha value is -2.67. The SMILES string of the molecule is COc1ccc(C[NH+](C)CC(=O)Nc2ccc(F)c(F)c2)cc1OC. The molecule has 0 aliphatic rings. The number of hydrogen-bond acceptors (Lipinski definition) is 3. The zero-order chi connectivity index (χ0) is 18.4. The Labute approximate surface area is 145 Å². The maximum Gasteiger partial charge on any atom is 0.279 e. The Morgan fingerprint density at radius 3 is 2.40 bits per heavy atom. The van der Waals surface area contributed by atoms with Crippen molar-refractivity contribution in [1.29, 1.82) is 0 Å². The van der Waals surface area contributed by atoms with Gasteiger partial charge in [0.2, 0.25) is 0 Å². The number of carbonyl (C=O) groups is 1. The molecule has 1 atom stereocenters. The molecule has 2 N–H and O–H groups in total. The number of likely N-dealkylation sites (N-methyl/N-ethyl adjacent to an activating group) is 1. The van der Waals surface area contributed by atoms with Crippen molar-refractivity contribution in [2.45, 2.75) is 6.54 Å². The quantitative estimate of drug-likeness (QED) is 0.797. The Morgan fingerprint density at radius 1 is 1.04 bits per heavy atom. The summed E-state index contributed by atoms with van der Waals surface area (Å²) in [4.78, 5) is 13.0. The Morgan fingerprint density at radius 2 is 1.76 bits per heavy atom. The summed E-state index contributed by atoms with van der Waals surface area (Å²) in [5, 5.41) is 2.56. The molecule has 0 saturated heterocycles. The minimum absolute atomic E-state index is 0.174. The van der Waals surface area contributed by atoms with Gasteiger partial charge in [-0.25, -0.2) is 8.78 Å². The lowest BCUT2D eigenvalue weighted by molar-refractivity contribution is -0.885. The highest BCUT2D eigenvalue weighted by molar-refractivity contribution is 5.91. The predicted octanol–water partition coefficient (Wildman–Crippen LogP) is 1.64. The summed E-state index contributed by atoms with van der Waals surface area (Å²) in [6, 6.07) is 8.82. The van der Waals surface area contributed by atoms with Gasteiger partial charge in [-0.3, -0.25) is 4.79 Å². The number of anilines is 1. The van der Waals surface area contributed by atoms with Gasteiger partial charge < -0.3 is 19.7 Å². The molecule has 25 heavy (non-hydrogen) atoms. The fourth-order valence-corrected chi connectivity index (χ4v) is 2.45. The van der Waals surface area contributed by atoms with Crippen LogP contribution in [0.4, 0.5) is 14.5 Å². The van der Waals surface area contributed by atoms with Gasteiger partial charge in [0.1, 0.15) is 6.54 Å². The number of amides is 1. The first-order valence-electron chi connectivity index (χ1n) is 7.70. The van der Waals surface area contributed by atoms with E-state index in [4.69, 9.17) is 9.47 Å². The predicted molar refractivity (Wildman–Crippen MR) is 90.0 cm³/mol. The molecular formula is C18H21F2N2O3+. The second kappa shape index (κ2) is 8.43. The molecule has 5 nitrogen and oxygen atoms in total. The molecule has 0 aliphatic carbocycles. The minimum atomic E-state index is -0.996. The van der Waals surface area contributed by atoms with Crippen LogP contribution in [0, 0.1) is 11.6 Å². The zero-order valence-corrected chi connectivity index (χ0v) is 14.4. The number of rotatable bonds is 7. The third-order valence-electron chi connectivity index (χ3n) is 3.62. The highest BCUT2D eigenvalue weighted by Gasteiger charge is 2.13. The summed E-state index contributed by atoms with van der Waals surface area (Å²) in [5.74, 6) is -0.971. The third kappa shape index (κ3) is 5.15. The minimum Gasteiger partial charge on any atom is -0.493 e. The number of benzene rings is 2. The third-order valence-corrected chi connectivity index (χ3v) is 3.62. The van der Waals surface area contributed by atoms with Gasteiger partial charge in [0.05, 0.1) is 21.3 Å². The number of halogens is 2.